The van der Waals surface area contributed by atoms with Gasteiger partial charge in [0.2, 0.25) is 0 Å². The number of imidazole rings is 1. The summed E-state index contributed by atoms with van der Waals surface area (Å²) in [7, 11) is 0. The summed E-state index contributed by atoms with van der Waals surface area (Å²) in [5, 5.41) is 6.00. The SMILES string of the molecule is CCc1nc(C)c2c(C)c(C(=O)Nc3ccc(-c4cn5ccsc5n4)cc3)sc2n1. The molecule has 1 amide bonds. The van der Waals surface area contributed by atoms with Gasteiger partial charge in [-0.05, 0) is 31.5 Å². The molecular formula is C22H19N5OS2. The Balaban J connectivity index is 1.40. The van der Waals surface area contributed by atoms with Crippen LogP contribution in [-0.4, -0.2) is 25.3 Å². The first kappa shape index (κ1) is 18.9. The lowest BCUT2D eigenvalue weighted by Crippen LogP contribution is -2.11. The van der Waals surface area contributed by atoms with Crippen LogP contribution in [0.5, 0.6) is 0 Å². The second-order valence-electron chi connectivity index (χ2n) is 7.07. The van der Waals surface area contributed by atoms with Crippen molar-refractivity contribution in [2.45, 2.75) is 27.2 Å². The Labute approximate surface area is 181 Å². The molecule has 4 aromatic heterocycles. The van der Waals surface area contributed by atoms with Gasteiger partial charge in [0.1, 0.15) is 10.7 Å². The number of rotatable bonds is 4. The summed E-state index contributed by atoms with van der Waals surface area (Å²) in [6.07, 6.45) is 4.78. The number of benzene rings is 1. The summed E-state index contributed by atoms with van der Waals surface area (Å²) in [6, 6.07) is 7.76. The van der Waals surface area contributed by atoms with Crippen molar-refractivity contribution in [3.8, 4) is 11.3 Å². The molecule has 1 N–H and O–H groups in total. The number of carbonyl (C=O) groups is 1. The first-order chi connectivity index (χ1) is 14.5. The van der Waals surface area contributed by atoms with Gasteiger partial charge in [0.05, 0.1) is 10.6 Å². The van der Waals surface area contributed by atoms with Crippen LogP contribution in [0.4, 0.5) is 5.69 Å². The quantitative estimate of drug-likeness (QED) is 0.406. The van der Waals surface area contributed by atoms with Crippen molar-refractivity contribution in [1.82, 2.24) is 19.4 Å². The fourth-order valence-corrected chi connectivity index (χ4v) is 5.39. The van der Waals surface area contributed by atoms with Gasteiger partial charge in [0.25, 0.3) is 5.91 Å². The first-order valence-corrected chi connectivity index (χ1v) is 11.3. The van der Waals surface area contributed by atoms with Gasteiger partial charge in [-0.3, -0.25) is 9.20 Å². The molecule has 5 rings (SSSR count). The third-order valence-corrected chi connectivity index (χ3v) is 7.03. The number of thiophene rings is 1. The van der Waals surface area contributed by atoms with E-state index in [1.807, 2.05) is 67.2 Å². The molecule has 5 aromatic rings. The number of aryl methyl sites for hydroxylation is 3. The summed E-state index contributed by atoms with van der Waals surface area (Å²) in [4.78, 5) is 29.2. The second-order valence-corrected chi connectivity index (χ2v) is 8.94. The maximum Gasteiger partial charge on any atom is 0.266 e. The number of fused-ring (bicyclic) bond motifs is 2. The van der Waals surface area contributed by atoms with Crippen molar-refractivity contribution in [3.63, 3.8) is 0 Å². The van der Waals surface area contributed by atoms with E-state index in [4.69, 9.17) is 0 Å². The normalized spacial score (nSPS) is 11.4. The molecule has 1 aromatic carbocycles. The number of nitrogens with one attached hydrogen (secondary N) is 1. The van der Waals surface area contributed by atoms with Gasteiger partial charge in [0.15, 0.2) is 4.96 Å². The lowest BCUT2D eigenvalue weighted by molar-refractivity contribution is 0.103. The molecule has 0 saturated carbocycles. The predicted molar refractivity (Wildman–Crippen MR) is 123 cm³/mol. The molecule has 0 radical (unpaired) electrons. The average molecular weight is 434 g/mol. The number of thiazole rings is 1. The highest BCUT2D eigenvalue weighted by molar-refractivity contribution is 7.20. The molecule has 0 bridgehead atoms. The third-order valence-electron chi connectivity index (χ3n) is 5.07. The largest absolute Gasteiger partial charge is 0.321 e. The predicted octanol–water partition coefficient (Wildman–Crippen LogP) is 5.50. The molecule has 30 heavy (non-hydrogen) atoms. The van der Waals surface area contributed by atoms with E-state index in [1.54, 1.807) is 11.3 Å². The van der Waals surface area contributed by atoms with Crippen LogP contribution in [0.25, 0.3) is 26.4 Å². The van der Waals surface area contributed by atoms with Crippen LogP contribution < -0.4 is 5.32 Å². The average Bonchev–Trinajstić information content (AvgIpc) is 3.42. The molecule has 0 fully saturated rings. The van der Waals surface area contributed by atoms with Crippen molar-refractivity contribution in [2.75, 3.05) is 5.32 Å². The number of carbonyl (C=O) groups excluding carboxylic acids is 1. The Hall–Kier alpha value is -3.10. The van der Waals surface area contributed by atoms with Gasteiger partial charge in [-0.2, -0.15) is 0 Å². The van der Waals surface area contributed by atoms with Gasteiger partial charge in [-0.25, -0.2) is 15.0 Å². The minimum atomic E-state index is -0.122. The summed E-state index contributed by atoms with van der Waals surface area (Å²) >= 11 is 3.03. The molecule has 8 heteroatoms. The van der Waals surface area contributed by atoms with E-state index in [-0.39, 0.29) is 5.91 Å². The Morgan fingerprint density at radius 1 is 1.13 bits per heavy atom. The van der Waals surface area contributed by atoms with Crippen LogP contribution in [-0.2, 0) is 6.42 Å². The Morgan fingerprint density at radius 3 is 2.67 bits per heavy atom. The topological polar surface area (TPSA) is 72.2 Å². The minimum Gasteiger partial charge on any atom is -0.321 e. The molecule has 0 saturated heterocycles. The van der Waals surface area contributed by atoms with E-state index in [0.29, 0.717) is 4.88 Å². The molecule has 150 valence electrons. The molecule has 0 unspecified atom stereocenters. The van der Waals surface area contributed by atoms with E-state index in [9.17, 15) is 4.79 Å². The lowest BCUT2D eigenvalue weighted by atomic mass is 10.1. The molecule has 0 spiro atoms. The van der Waals surface area contributed by atoms with Crippen molar-refractivity contribution in [3.05, 3.63) is 64.0 Å². The third kappa shape index (κ3) is 3.18. The molecule has 0 atom stereocenters. The van der Waals surface area contributed by atoms with Crippen LogP contribution in [0.3, 0.4) is 0 Å². The number of nitrogens with zero attached hydrogens (tertiary/aromatic N) is 4. The van der Waals surface area contributed by atoms with Crippen molar-refractivity contribution >= 4 is 49.4 Å². The highest BCUT2D eigenvalue weighted by atomic mass is 32.1. The lowest BCUT2D eigenvalue weighted by Gasteiger charge is -2.05. The maximum atomic E-state index is 12.9. The number of hydrogen-bond acceptors (Lipinski definition) is 6. The van der Waals surface area contributed by atoms with Crippen molar-refractivity contribution in [2.24, 2.45) is 0 Å². The van der Waals surface area contributed by atoms with Gasteiger partial charge in [0, 0.05) is 46.5 Å². The summed E-state index contributed by atoms with van der Waals surface area (Å²) < 4.78 is 2.01. The molecule has 0 aliphatic heterocycles. The Bertz CT molecular complexity index is 1370. The molecule has 6 nitrogen and oxygen atoms in total. The van der Waals surface area contributed by atoms with Crippen LogP contribution in [0.15, 0.2) is 42.0 Å². The zero-order valence-electron chi connectivity index (χ0n) is 16.8. The fraction of sp³-hybridized carbons (Fsp3) is 0.182. The van der Waals surface area contributed by atoms with E-state index in [2.05, 4.69) is 20.3 Å². The van der Waals surface area contributed by atoms with Gasteiger partial charge < -0.3 is 5.32 Å². The van der Waals surface area contributed by atoms with Crippen LogP contribution in [0.1, 0.15) is 33.7 Å². The monoisotopic (exact) mass is 433 g/mol. The van der Waals surface area contributed by atoms with E-state index in [1.165, 1.54) is 11.3 Å². The van der Waals surface area contributed by atoms with Crippen LogP contribution in [0.2, 0.25) is 0 Å². The van der Waals surface area contributed by atoms with E-state index in [0.717, 1.165) is 55.6 Å². The number of hydrogen-bond donors (Lipinski definition) is 1. The molecular weight excluding hydrogens is 414 g/mol. The number of amides is 1. The molecule has 0 aliphatic carbocycles. The molecule has 4 heterocycles. The maximum absolute atomic E-state index is 12.9. The van der Waals surface area contributed by atoms with Crippen molar-refractivity contribution in [1.29, 1.82) is 0 Å². The highest BCUT2D eigenvalue weighted by Gasteiger charge is 2.19. The van der Waals surface area contributed by atoms with Crippen molar-refractivity contribution < 1.29 is 4.79 Å². The fourth-order valence-electron chi connectivity index (χ4n) is 3.55. The number of anilines is 1. The Morgan fingerprint density at radius 2 is 1.93 bits per heavy atom. The van der Waals surface area contributed by atoms with Gasteiger partial charge in [-0.1, -0.05) is 19.1 Å². The molecule has 0 aliphatic rings. The number of aromatic nitrogens is 4. The second kappa shape index (κ2) is 7.30. The van der Waals surface area contributed by atoms with Gasteiger partial charge >= 0.3 is 0 Å². The van der Waals surface area contributed by atoms with Gasteiger partial charge in [-0.15, -0.1) is 22.7 Å². The smallest absolute Gasteiger partial charge is 0.266 e. The minimum absolute atomic E-state index is 0.122. The zero-order chi connectivity index (χ0) is 20.8. The van der Waals surface area contributed by atoms with Crippen LogP contribution in [0, 0.1) is 13.8 Å². The van der Waals surface area contributed by atoms with Crippen LogP contribution >= 0.6 is 22.7 Å². The summed E-state index contributed by atoms with van der Waals surface area (Å²) in [6.45, 7) is 5.97. The van der Waals surface area contributed by atoms with E-state index >= 15 is 0 Å². The standard InChI is InChI=1S/C22H19N5OS2/c1-4-17-23-13(3)18-12(2)19(30-21(18)26-17)20(28)24-15-7-5-14(6-8-15)16-11-27-9-10-29-22(27)25-16/h5-11H,4H2,1-3H3,(H,24,28). The van der Waals surface area contributed by atoms with E-state index < -0.39 is 0 Å². The highest BCUT2D eigenvalue weighted by Crippen LogP contribution is 2.32. The Kier molecular flexibility index (Phi) is 4.60. The summed E-state index contributed by atoms with van der Waals surface area (Å²) in [5.74, 6) is 0.686. The zero-order valence-corrected chi connectivity index (χ0v) is 18.4. The first-order valence-electron chi connectivity index (χ1n) is 9.64. The summed E-state index contributed by atoms with van der Waals surface area (Å²) in [5.41, 5.74) is 4.54.